The van der Waals surface area contributed by atoms with E-state index in [1.165, 1.54) is 0 Å². The predicted molar refractivity (Wildman–Crippen MR) is 179 cm³/mol. The van der Waals surface area contributed by atoms with Gasteiger partial charge in [-0.15, -0.1) is 5.54 Å². The smallest absolute Gasteiger partial charge is 0.184 e. The minimum absolute atomic E-state index is 0.136. The van der Waals surface area contributed by atoms with Gasteiger partial charge in [0.1, 0.15) is 38.5 Å². The van der Waals surface area contributed by atoms with Crippen LogP contribution in [0.5, 0.6) is 0 Å². The minimum atomic E-state index is -1.58. The number of anilines is 1. The van der Waals surface area contributed by atoms with Crippen molar-refractivity contribution >= 4 is 33.0 Å². The first-order chi connectivity index (χ1) is 21.5. The molecule has 4 aromatic heterocycles. The second kappa shape index (κ2) is 13.3. The Hall–Kier alpha value is -4.36. The SMILES string of the molecule is C[Si](C)(C)C#Cc1cnc(N2CCC([C@H](CC#N)n3cc(-c4ncnc5c4ccn5COCC[Si](C)(C)C)cn3)C2)c(C#N)n1. The topological polar surface area (TPSA) is 134 Å². The highest BCUT2D eigenvalue weighted by molar-refractivity contribution is 6.83. The van der Waals surface area contributed by atoms with E-state index in [2.05, 4.69) is 87.7 Å². The molecule has 4 aromatic rings. The number of aromatic nitrogens is 7. The molecule has 13 heteroatoms. The highest BCUT2D eigenvalue weighted by Crippen LogP contribution is 2.34. The molecule has 1 saturated heterocycles. The number of nitriles is 2. The van der Waals surface area contributed by atoms with Gasteiger partial charge in [0.05, 0.1) is 36.6 Å². The third-order valence-electron chi connectivity index (χ3n) is 7.79. The Morgan fingerprint density at radius 3 is 2.64 bits per heavy atom. The van der Waals surface area contributed by atoms with Crippen molar-refractivity contribution in [2.24, 2.45) is 5.92 Å². The van der Waals surface area contributed by atoms with Crippen LogP contribution in [0.4, 0.5) is 5.82 Å². The highest BCUT2D eigenvalue weighted by atomic mass is 28.3. The quantitative estimate of drug-likeness (QED) is 0.126. The fourth-order valence-electron chi connectivity index (χ4n) is 5.39. The summed E-state index contributed by atoms with van der Waals surface area (Å²) in [5.74, 6) is 3.79. The monoisotopic (exact) mass is 636 g/mol. The largest absolute Gasteiger partial charge is 0.361 e. The summed E-state index contributed by atoms with van der Waals surface area (Å²) in [6.07, 6.45) is 10.1. The summed E-state index contributed by atoms with van der Waals surface area (Å²) in [6.45, 7) is 16.0. The Bertz CT molecular complexity index is 1810. The Kier molecular flexibility index (Phi) is 9.49. The lowest BCUT2D eigenvalue weighted by molar-refractivity contribution is 0.0899. The molecule has 0 radical (unpaired) electrons. The third kappa shape index (κ3) is 7.84. The lowest BCUT2D eigenvalue weighted by Gasteiger charge is -2.23. The van der Waals surface area contributed by atoms with Gasteiger partial charge in [0, 0.05) is 57.0 Å². The maximum Gasteiger partial charge on any atom is 0.184 e. The van der Waals surface area contributed by atoms with E-state index in [0.717, 1.165) is 41.4 Å². The summed E-state index contributed by atoms with van der Waals surface area (Å²) in [5.41, 5.74) is 6.55. The van der Waals surface area contributed by atoms with Gasteiger partial charge >= 0.3 is 0 Å². The summed E-state index contributed by atoms with van der Waals surface area (Å²) < 4.78 is 9.86. The van der Waals surface area contributed by atoms with Gasteiger partial charge in [0.15, 0.2) is 11.5 Å². The van der Waals surface area contributed by atoms with Gasteiger partial charge in [-0.25, -0.2) is 19.9 Å². The maximum absolute atomic E-state index is 9.85. The van der Waals surface area contributed by atoms with Crippen LogP contribution >= 0.6 is 0 Å². The van der Waals surface area contributed by atoms with Gasteiger partial charge in [-0.3, -0.25) is 4.68 Å². The zero-order valence-electron chi connectivity index (χ0n) is 26.9. The number of nitrogens with zero attached hydrogens (tertiary/aromatic N) is 10. The number of hydrogen-bond donors (Lipinski definition) is 0. The first kappa shape index (κ1) is 32.0. The van der Waals surface area contributed by atoms with Crippen LogP contribution in [0.25, 0.3) is 22.3 Å². The number of fused-ring (bicyclic) bond motifs is 1. The van der Waals surface area contributed by atoms with Crippen molar-refractivity contribution in [3.63, 3.8) is 0 Å². The summed E-state index contributed by atoms with van der Waals surface area (Å²) in [5, 5.41) is 25.2. The minimum Gasteiger partial charge on any atom is -0.361 e. The Labute approximate surface area is 266 Å². The number of hydrogen-bond acceptors (Lipinski definition) is 9. The van der Waals surface area contributed by atoms with Crippen LogP contribution in [0, 0.1) is 40.0 Å². The normalized spacial score (nSPS) is 15.8. The van der Waals surface area contributed by atoms with Crippen LogP contribution in [0.3, 0.4) is 0 Å². The van der Waals surface area contributed by atoms with Gasteiger partial charge in [-0.05, 0) is 18.5 Å². The molecule has 1 fully saturated rings. The lowest BCUT2D eigenvalue weighted by Crippen LogP contribution is -2.26. The van der Waals surface area contributed by atoms with E-state index in [9.17, 15) is 10.5 Å². The molecule has 45 heavy (non-hydrogen) atoms. The van der Waals surface area contributed by atoms with Crippen LogP contribution < -0.4 is 4.90 Å². The Morgan fingerprint density at radius 1 is 1.09 bits per heavy atom. The molecule has 11 nitrogen and oxygen atoms in total. The second-order valence-electron chi connectivity index (χ2n) is 13.8. The van der Waals surface area contributed by atoms with Crippen molar-refractivity contribution in [2.45, 2.75) is 70.9 Å². The highest BCUT2D eigenvalue weighted by Gasteiger charge is 2.33. The van der Waals surface area contributed by atoms with Gasteiger partial charge < -0.3 is 14.2 Å². The van der Waals surface area contributed by atoms with Crippen LogP contribution in [0.1, 0.15) is 30.3 Å². The number of ether oxygens (including phenoxy) is 1. The fraction of sp³-hybridized carbons (Fsp3) is 0.469. The van der Waals surface area contributed by atoms with Crippen LogP contribution in [0.2, 0.25) is 45.3 Å². The number of rotatable bonds is 10. The molecule has 1 aliphatic heterocycles. The Balaban J connectivity index is 1.32. The molecule has 0 saturated carbocycles. The first-order valence-electron chi connectivity index (χ1n) is 15.3. The first-order valence-corrected chi connectivity index (χ1v) is 22.5. The summed E-state index contributed by atoms with van der Waals surface area (Å²) >= 11 is 0. The van der Waals surface area contributed by atoms with Crippen molar-refractivity contribution < 1.29 is 4.74 Å². The Morgan fingerprint density at radius 2 is 1.91 bits per heavy atom. The molecule has 1 aliphatic rings. The molecule has 232 valence electrons. The summed E-state index contributed by atoms with van der Waals surface area (Å²) in [7, 11) is -2.74. The summed E-state index contributed by atoms with van der Waals surface area (Å²) in [6, 6.07) is 7.55. The van der Waals surface area contributed by atoms with E-state index >= 15 is 0 Å². The third-order valence-corrected chi connectivity index (χ3v) is 10.4. The molecule has 0 aliphatic carbocycles. The van der Waals surface area contributed by atoms with E-state index in [0.29, 0.717) is 37.8 Å². The van der Waals surface area contributed by atoms with Gasteiger partial charge in [0.2, 0.25) is 0 Å². The van der Waals surface area contributed by atoms with Crippen molar-refractivity contribution in [2.75, 3.05) is 24.6 Å². The molecular formula is C32H40N10OSi2. The van der Waals surface area contributed by atoms with E-state index in [4.69, 9.17) is 9.84 Å². The van der Waals surface area contributed by atoms with Gasteiger partial charge in [-0.2, -0.15) is 15.6 Å². The van der Waals surface area contributed by atoms with Crippen LogP contribution in [-0.4, -0.2) is 70.1 Å². The average Bonchev–Trinajstić information content (AvgIpc) is 3.76. The van der Waals surface area contributed by atoms with E-state index in [-0.39, 0.29) is 17.7 Å². The van der Waals surface area contributed by atoms with Crippen LogP contribution in [-0.2, 0) is 11.5 Å². The van der Waals surface area contributed by atoms with E-state index in [1.807, 2.05) is 27.7 Å². The molecular weight excluding hydrogens is 597 g/mol. The zero-order chi connectivity index (χ0) is 32.2. The molecule has 5 heterocycles. The maximum atomic E-state index is 9.85. The van der Waals surface area contributed by atoms with Crippen molar-refractivity contribution in [1.29, 1.82) is 10.5 Å². The van der Waals surface area contributed by atoms with Crippen molar-refractivity contribution in [1.82, 2.24) is 34.3 Å². The fourth-order valence-corrected chi connectivity index (χ4v) is 6.65. The molecule has 0 spiro atoms. The standard InChI is InChI=1S/C32H40N10OSi2/c1-44(2,3)15-10-26-19-35-32(28(17-34)39-26)40-12-8-24(20-40)29(7-11-33)42-21-25(18-38-42)30-27-9-13-41(31(27)37-22-36-30)23-43-14-16-45(4,5)6/h9,13,18-19,21-22,24,29H,7-8,12,14,16,20,23H2,1-6H3/t24?,29-/m0/s1. The zero-order valence-corrected chi connectivity index (χ0v) is 28.9. The molecule has 1 unspecified atom stereocenters. The second-order valence-corrected chi connectivity index (χ2v) is 24.1. The lowest BCUT2D eigenvalue weighted by atomic mass is 9.96. The molecule has 5 rings (SSSR count). The van der Waals surface area contributed by atoms with E-state index < -0.39 is 16.1 Å². The van der Waals surface area contributed by atoms with Gasteiger partial charge in [-0.1, -0.05) is 45.2 Å². The molecule has 0 bridgehead atoms. The molecule has 0 amide bonds. The average molecular weight is 637 g/mol. The van der Waals surface area contributed by atoms with Crippen molar-refractivity contribution in [3.8, 4) is 34.9 Å². The van der Waals surface area contributed by atoms with Crippen LogP contribution in [0.15, 0.2) is 37.2 Å². The van der Waals surface area contributed by atoms with Crippen molar-refractivity contribution in [3.05, 3.63) is 48.6 Å². The van der Waals surface area contributed by atoms with Gasteiger partial charge in [0.25, 0.3) is 0 Å². The molecule has 0 N–H and O–H groups in total. The summed E-state index contributed by atoms with van der Waals surface area (Å²) in [4.78, 5) is 20.3. The molecule has 0 aromatic carbocycles. The predicted octanol–water partition coefficient (Wildman–Crippen LogP) is 5.48. The van der Waals surface area contributed by atoms with E-state index in [1.54, 1.807) is 18.7 Å². The molecule has 2 atom stereocenters.